The minimum Gasteiger partial charge on any atom is -0.508 e. The molecule has 0 bridgehead atoms. The van der Waals surface area contributed by atoms with Crippen molar-refractivity contribution in [2.75, 3.05) is 0 Å². The predicted octanol–water partition coefficient (Wildman–Crippen LogP) is 3.00. The number of aldehydes is 1. The molecule has 0 unspecified atom stereocenters. The third kappa shape index (κ3) is 2.49. The standard InChI is InChI=1S/C21H14O7/c22-10-12-2-1-11(20(25)26)7-17(12)21(27)15-5-3-13(23)8-18(15)28-19-9-14(24)4-6-16(19)21/h1-10,23-24,27H,(H,25,26). The fourth-order valence-electron chi connectivity index (χ4n) is 3.45. The fraction of sp³-hybridized carbons (Fsp3) is 0.0476. The third-order valence-electron chi connectivity index (χ3n) is 4.75. The van der Waals surface area contributed by atoms with Crippen LogP contribution in [0.4, 0.5) is 0 Å². The van der Waals surface area contributed by atoms with E-state index in [-0.39, 0.29) is 50.8 Å². The number of hydrogen-bond donors (Lipinski definition) is 4. The van der Waals surface area contributed by atoms with Gasteiger partial charge in [-0.1, -0.05) is 6.07 Å². The molecular formula is C21H14O7. The van der Waals surface area contributed by atoms with Gasteiger partial charge in [-0.15, -0.1) is 0 Å². The highest BCUT2D eigenvalue weighted by atomic mass is 16.5. The number of ether oxygens (including phenoxy) is 1. The molecular weight excluding hydrogens is 364 g/mol. The van der Waals surface area contributed by atoms with E-state index < -0.39 is 11.6 Å². The van der Waals surface area contributed by atoms with Gasteiger partial charge in [0.15, 0.2) is 0 Å². The lowest BCUT2D eigenvalue weighted by Gasteiger charge is -2.37. The number of carbonyl (C=O) groups is 2. The van der Waals surface area contributed by atoms with Gasteiger partial charge in [-0.25, -0.2) is 4.79 Å². The molecule has 1 aliphatic heterocycles. The second-order valence-electron chi connectivity index (χ2n) is 6.40. The quantitative estimate of drug-likeness (QED) is 0.516. The summed E-state index contributed by atoms with van der Waals surface area (Å²) in [6, 6.07) is 12.0. The largest absolute Gasteiger partial charge is 0.508 e. The zero-order valence-corrected chi connectivity index (χ0v) is 14.3. The van der Waals surface area contributed by atoms with Crippen LogP contribution in [-0.4, -0.2) is 32.7 Å². The molecule has 3 aromatic carbocycles. The van der Waals surface area contributed by atoms with Crippen molar-refractivity contribution in [1.82, 2.24) is 0 Å². The van der Waals surface area contributed by atoms with E-state index in [1.165, 1.54) is 54.6 Å². The Morgan fingerprint density at radius 1 is 0.857 bits per heavy atom. The van der Waals surface area contributed by atoms with Crippen molar-refractivity contribution in [2.24, 2.45) is 0 Å². The molecule has 0 fully saturated rings. The van der Waals surface area contributed by atoms with E-state index in [9.17, 15) is 30.0 Å². The molecule has 7 heteroatoms. The van der Waals surface area contributed by atoms with E-state index in [0.29, 0.717) is 6.29 Å². The van der Waals surface area contributed by atoms with E-state index in [1.807, 2.05) is 0 Å². The van der Waals surface area contributed by atoms with Crippen LogP contribution < -0.4 is 4.74 Å². The minimum atomic E-state index is -1.95. The first-order valence-electron chi connectivity index (χ1n) is 8.25. The van der Waals surface area contributed by atoms with Crippen molar-refractivity contribution < 1.29 is 34.8 Å². The lowest BCUT2D eigenvalue weighted by atomic mass is 9.76. The molecule has 7 nitrogen and oxygen atoms in total. The summed E-state index contributed by atoms with van der Waals surface area (Å²) in [5.74, 6) is -1.22. The number of phenolic OH excluding ortho intramolecular Hbond substituents is 2. The summed E-state index contributed by atoms with van der Waals surface area (Å²) < 4.78 is 5.72. The smallest absolute Gasteiger partial charge is 0.335 e. The zero-order chi connectivity index (χ0) is 20.1. The third-order valence-corrected chi connectivity index (χ3v) is 4.75. The molecule has 0 aliphatic carbocycles. The van der Waals surface area contributed by atoms with Gasteiger partial charge < -0.3 is 25.2 Å². The van der Waals surface area contributed by atoms with Gasteiger partial charge in [-0.3, -0.25) is 4.79 Å². The second-order valence-corrected chi connectivity index (χ2v) is 6.40. The Morgan fingerprint density at radius 3 is 1.93 bits per heavy atom. The van der Waals surface area contributed by atoms with Crippen molar-refractivity contribution in [3.63, 3.8) is 0 Å². The Balaban J connectivity index is 2.10. The Labute approximate surface area is 158 Å². The van der Waals surface area contributed by atoms with Crippen LogP contribution in [0.5, 0.6) is 23.0 Å². The summed E-state index contributed by atoms with van der Waals surface area (Å²) in [5.41, 5.74) is -1.49. The average molecular weight is 378 g/mol. The maximum atomic E-state index is 11.9. The summed E-state index contributed by atoms with van der Waals surface area (Å²) in [7, 11) is 0. The van der Waals surface area contributed by atoms with E-state index in [0.717, 1.165) is 0 Å². The fourth-order valence-corrected chi connectivity index (χ4v) is 3.45. The first kappa shape index (κ1) is 17.6. The molecule has 0 amide bonds. The normalized spacial score (nSPS) is 13.8. The van der Waals surface area contributed by atoms with Gasteiger partial charge in [-0.2, -0.15) is 0 Å². The molecule has 1 aliphatic rings. The van der Waals surface area contributed by atoms with Crippen molar-refractivity contribution in [3.8, 4) is 23.0 Å². The first-order chi connectivity index (χ1) is 13.3. The van der Waals surface area contributed by atoms with E-state index in [2.05, 4.69) is 0 Å². The number of aromatic hydroxyl groups is 2. The molecule has 0 aromatic heterocycles. The van der Waals surface area contributed by atoms with Gasteiger partial charge in [-0.05, 0) is 36.4 Å². The molecule has 0 atom stereocenters. The van der Waals surface area contributed by atoms with Crippen molar-refractivity contribution in [1.29, 1.82) is 0 Å². The number of hydrogen-bond acceptors (Lipinski definition) is 6. The van der Waals surface area contributed by atoms with E-state index >= 15 is 0 Å². The summed E-state index contributed by atoms with van der Waals surface area (Å²) in [5, 5.41) is 40.8. The van der Waals surface area contributed by atoms with Crippen LogP contribution >= 0.6 is 0 Å². The van der Waals surface area contributed by atoms with Crippen LogP contribution in [0.2, 0.25) is 0 Å². The Bertz CT molecular complexity index is 1080. The molecule has 0 radical (unpaired) electrons. The molecule has 3 aromatic rings. The highest BCUT2D eigenvalue weighted by Gasteiger charge is 2.44. The number of carboxylic acids is 1. The molecule has 4 N–H and O–H groups in total. The number of carbonyl (C=O) groups excluding carboxylic acids is 1. The van der Waals surface area contributed by atoms with Crippen LogP contribution in [0.15, 0.2) is 54.6 Å². The maximum absolute atomic E-state index is 11.9. The summed E-state index contributed by atoms with van der Waals surface area (Å²) >= 11 is 0. The summed E-state index contributed by atoms with van der Waals surface area (Å²) in [6.07, 6.45) is 0.522. The van der Waals surface area contributed by atoms with Crippen LogP contribution in [0.25, 0.3) is 0 Å². The zero-order valence-electron chi connectivity index (χ0n) is 14.3. The molecule has 4 rings (SSSR count). The number of carboxylic acid groups (broad SMARTS) is 1. The van der Waals surface area contributed by atoms with Gasteiger partial charge in [0.1, 0.15) is 34.9 Å². The summed E-state index contributed by atoms with van der Waals surface area (Å²) in [4.78, 5) is 23.1. The molecule has 0 saturated carbocycles. The average Bonchev–Trinajstić information content (AvgIpc) is 2.66. The molecule has 140 valence electrons. The van der Waals surface area contributed by atoms with Gasteiger partial charge in [0.2, 0.25) is 0 Å². The Kier molecular flexibility index (Phi) is 3.83. The van der Waals surface area contributed by atoms with Crippen molar-refractivity contribution in [3.05, 3.63) is 82.4 Å². The second kappa shape index (κ2) is 6.11. The Hall–Kier alpha value is -3.84. The highest BCUT2D eigenvalue weighted by Crippen LogP contribution is 2.52. The molecule has 0 saturated heterocycles. The molecule has 0 spiro atoms. The van der Waals surface area contributed by atoms with Crippen LogP contribution in [0, 0.1) is 0 Å². The van der Waals surface area contributed by atoms with Crippen molar-refractivity contribution in [2.45, 2.75) is 5.60 Å². The number of aliphatic hydroxyl groups is 1. The van der Waals surface area contributed by atoms with Gasteiger partial charge in [0.05, 0.1) is 5.56 Å². The lowest BCUT2D eigenvalue weighted by Crippen LogP contribution is -2.33. The molecule has 28 heavy (non-hydrogen) atoms. The number of benzene rings is 3. The number of rotatable bonds is 3. The lowest BCUT2D eigenvalue weighted by molar-refractivity contribution is 0.0695. The van der Waals surface area contributed by atoms with E-state index in [4.69, 9.17) is 4.74 Å². The first-order valence-corrected chi connectivity index (χ1v) is 8.25. The number of aromatic carboxylic acids is 1. The van der Waals surface area contributed by atoms with Crippen LogP contribution in [0.1, 0.15) is 37.4 Å². The summed E-state index contributed by atoms with van der Waals surface area (Å²) in [6.45, 7) is 0. The van der Waals surface area contributed by atoms with Gasteiger partial charge in [0.25, 0.3) is 0 Å². The van der Waals surface area contributed by atoms with Crippen LogP contribution in [0.3, 0.4) is 0 Å². The van der Waals surface area contributed by atoms with Gasteiger partial charge in [0, 0.05) is 34.4 Å². The number of fused-ring (bicyclic) bond motifs is 2. The number of phenols is 2. The predicted molar refractivity (Wildman–Crippen MR) is 97.2 cm³/mol. The maximum Gasteiger partial charge on any atom is 0.335 e. The van der Waals surface area contributed by atoms with Gasteiger partial charge >= 0.3 is 5.97 Å². The highest BCUT2D eigenvalue weighted by molar-refractivity contribution is 5.90. The Morgan fingerprint density at radius 2 is 1.43 bits per heavy atom. The molecule has 1 heterocycles. The minimum absolute atomic E-state index is 0.0459. The van der Waals surface area contributed by atoms with E-state index in [1.54, 1.807) is 0 Å². The monoisotopic (exact) mass is 378 g/mol. The van der Waals surface area contributed by atoms with Crippen molar-refractivity contribution >= 4 is 12.3 Å². The SMILES string of the molecule is O=Cc1ccc(C(=O)O)cc1C1(O)c2ccc(O)cc2Oc2cc(O)ccc21. The topological polar surface area (TPSA) is 124 Å². The van der Waals surface area contributed by atoms with Crippen LogP contribution in [-0.2, 0) is 5.60 Å².